The van der Waals surface area contributed by atoms with Gasteiger partial charge in [-0.1, -0.05) is 13.8 Å². The van der Waals surface area contributed by atoms with Crippen LogP contribution in [-0.2, 0) is 0 Å². The zero-order chi connectivity index (χ0) is 4.83. The Morgan fingerprint density at radius 3 is 2.17 bits per heavy atom. The maximum Gasteiger partial charge on any atom is 0.0130 e. The molecule has 0 aromatic carbocycles. The van der Waals surface area contributed by atoms with E-state index in [9.17, 15) is 0 Å². The fourth-order valence-corrected chi connectivity index (χ4v) is 0.316. The first-order valence-electron chi connectivity index (χ1n) is 2.55. The van der Waals surface area contributed by atoms with E-state index in [-0.39, 0.29) is 0 Å². The van der Waals surface area contributed by atoms with Gasteiger partial charge in [0.05, 0.1) is 0 Å². The van der Waals surface area contributed by atoms with Crippen LogP contribution in [0.15, 0.2) is 0 Å². The maximum atomic E-state index is 4.09. The lowest BCUT2D eigenvalue weighted by Gasteiger charge is -1.88. The molecule has 0 saturated heterocycles. The third-order valence-corrected chi connectivity index (χ3v) is 0.605. The monoisotopic (exact) mass is 86.1 g/mol. The van der Waals surface area contributed by atoms with Crippen molar-refractivity contribution in [2.75, 3.05) is 13.1 Å². The molecule has 0 heterocycles. The van der Waals surface area contributed by atoms with Crippen molar-refractivity contribution in [2.45, 2.75) is 20.3 Å². The summed E-state index contributed by atoms with van der Waals surface area (Å²) in [5.74, 6) is 0. The summed E-state index contributed by atoms with van der Waals surface area (Å²) in [5.41, 5.74) is 0. The second-order valence-corrected chi connectivity index (χ2v) is 1.26. The van der Waals surface area contributed by atoms with Crippen molar-refractivity contribution in [3.05, 3.63) is 0 Å². The van der Waals surface area contributed by atoms with Crippen LogP contribution in [0.25, 0.3) is 0 Å². The fraction of sp³-hybridized carbons (Fsp3) is 1.00. The third-order valence-electron chi connectivity index (χ3n) is 0.605. The molecule has 37 valence electrons. The van der Waals surface area contributed by atoms with E-state index in [1.165, 1.54) is 6.42 Å². The minimum atomic E-state index is 0.980. The summed E-state index contributed by atoms with van der Waals surface area (Å²) < 4.78 is 0. The molecular formula is C5H12N. The molecule has 0 unspecified atom stereocenters. The molecule has 6 heavy (non-hydrogen) atoms. The highest BCUT2D eigenvalue weighted by Gasteiger charge is 1.74. The van der Waals surface area contributed by atoms with Gasteiger partial charge in [-0.05, 0) is 6.42 Å². The van der Waals surface area contributed by atoms with Crippen molar-refractivity contribution in [3.8, 4) is 0 Å². The highest BCUT2D eigenvalue weighted by Crippen LogP contribution is 1.68. The highest BCUT2D eigenvalue weighted by atomic mass is 14.8. The Kier molecular flexibility index (Phi) is 4.93. The summed E-state index contributed by atoms with van der Waals surface area (Å²) in [4.78, 5) is 0. The standard InChI is InChI=1S/C5H12N/c1-3-5-6-4-2/h3-5H2,1-2H3. The van der Waals surface area contributed by atoms with Gasteiger partial charge in [0.25, 0.3) is 0 Å². The van der Waals surface area contributed by atoms with Crippen molar-refractivity contribution in [1.82, 2.24) is 5.32 Å². The Balaban J connectivity index is 2.34. The average molecular weight is 86.2 g/mol. The molecule has 0 aromatic rings. The summed E-state index contributed by atoms with van der Waals surface area (Å²) in [5, 5.41) is 4.09. The van der Waals surface area contributed by atoms with Gasteiger partial charge in [0.1, 0.15) is 0 Å². The highest BCUT2D eigenvalue weighted by molar-refractivity contribution is 4.34. The first-order chi connectivity index (χ1) is 2.91. The molecule has 1 nitrogen and oxygen atoms in total. The molecule has 0 rings (SSSR count). The van der Waals surface area contributed by atoms with Gasteiger partial charge in [-0.2, -0.15) is 0 Å². The third kappa shape index (κ3) is 3.96. The molecule has 0 atom stereocenters. The van der Waals surface area contributed by atoms with Gasteiger partial charge in [-0.15, -0.1) is 0 Å². The van der Waals surface area contributed by atoms with E-state index in [0.717, 1.165) is 13.1 Å². The topological polar surface area (TPSA) is 14.1 Å². The molecule has 0 aromatic heterocycles. The largest absolute Gasteiger partial charge is 0.242 e. The Bertz CT molecular complexity index is 15.9. The zero-order valence-corrected chi connectivity index (χ0v) is 4.57. The van der Waals surface area contributed by atoms with Gasteiger partial charge in [0.15, 0.2) is 0 Å². The van der Waals surface area contributed by atoms with Gasteiger partial charge >= 0.3 is 0 Å². The fourth-order valence-electron chi connectivity index (χ4n) is 0.316. The molecule has 0 N–H and O–H groups in total. The van der Waals surface area contributed by atoms with Gasteiger partial charge in [0, 0.05) is 13.1 Å². The first kappa shape index (κ1) is 5.96. The minimum absolute atomic E-state index is 0.980. The van der Waals surface area contributed by atoms with Crippen molar-refractivity contribution in [1.29, 1.82) is 0 Å². The number of hydrogen-bond acceptors (Lipinski definition) is 0. The Labute approximate surface area is 39.7 Å². The van der Waals surface area contributed by atoms with E-state index in [0.29, 0.717) is 0 Å². The molecule has 0 fully saturated rings. The van der Waals surface area contributed by atoms with Gasteiger partial charge in [-0.3, -0.25) is 0 Å². The van der Waals surface area contributed by atoms with E-state index in [1.807, 2.05) is 0 Å². The van der Waals surface area contributed by atoms with Crippen LogP contribution >= 0.6 is 0 Å². The van der Waals surface area contributed by atoms with Crippen LogP contribution in [0.5, 0.6) is 0 Å². The molecule has 0 amide bonds. The molecule has 0 spiro atoms. The molecule has 0 aliphatic heterocycles. The number of rotatable bonds is 3. The van der Waals surface area contributed by atoms with E-state index in [4.69, 9.17) is 0 Å². The van der Waals surface area contributed by atoms with Crippen molar-refractivity contribution in [3.63, 3.8) is 0 Å². The first-order valence-corrected chi connectivity index (χ1v) is 2.55. The Morgan fingerprint density at radius 1 is 1.33 bits per heavy atom. The molecule has 0 bridgehead atoms. The van der Waals surface area contributed by atoms with E-state index in [2.05, 4.69) is 19.2 Å². The smallest absolute Gasteiger partial charge is 0.0130 e. The van der Waals surface area contributed by atoms with Crippen LogP contribution in [0.1, 0.15) is 20.3 Å². The Hall–Kier alpha value is -0.0400. The van der Waals surface area contributed by atoms with Crippen LogP contribution in [0, 0.1) is 0 Å². The SMILES string of the molecule is CCC[N]CC. The predicted molar refractivity (Wildman–Crippen MR) is 27.8 cm³/mol. The molecule has 1 radical (unpaired) electrons. The van der Waals surface area contributed by atoms with Crippen LogP contribution in [0.4, 0.5) is 0 Å². The average Bonchev–Trinajstić information content (AvgIpc) is 1.61. The normalized spacial score (nSPS) is 9.00. The predicted octanol–water partition coefficient (Wildman–Crippen LogP) is 1.02. The van der Waals surface area contributed by atoms with E-state index >= 15 is 0 Å². The Morgan fingerprint density at radius 2 is 2.00 bits per heavy atom. The second-order valence-electron chi connectivity index (χ2n) is 1.26. The minimum Gasteiger partial charge on any atom is -0.242 e. The number of hydrogen-bond donors (Lipinski definition) is 0. The van der Waals surface area contributed by atoms with Gasteiger partial charge in [-0.25, -0.2) is 5.32 Å². The quantitative estimate of drug-likeness (QED) is 0.455. The van der Waals surface area contributed by atoms with Gasteiger partial charge < -0.3 is 0 Å². The summed E-state index contributed by atoms with van der Waals surface area (Å²) in [7, 11) is 0. The van der Waals surface area contributed by atoms with E-state index in [1.54, 1.807) is 0 Å². The summed E-state index contributed by atoms with van der Waals surface area (Å²) >= 11 is 0. The van der Waals surface area contributed by atoms with Crippen LogP contribution in [0.3, 0.4) is 0 Å². The summed E-state index contributed by atoms with van der Waals surface area (Å²) in [6.45, 7) is 6.22. The molecular weight excluding hydrogens is 74.1 g/mol. The van der Waals surface area contributed by atoms with Crippen LogP contribution in [0.2, 0.25) is 0 Å². The summed E-state index contributed by atoms with van der Waals surface area (Å²) in [6, 6.07) is 0. The van der Waals surface area contributed by atoms with Crippen molar-refractivity contribution < 1.29 is 0 Å². The maximum absolute atomic E-state index is 4.09. The molecule has 0 aliphatic rings. The van der Waals surface area contributed by atoms with Crippen molar-refractivity contribution >= 4 is 0 Å². The van der Waals surface area contributed by atoms with Crippen molar-refractivity contribution in [2.24, 2.45) is 0 Å². The zero-order valence-electron chi connectivity index (χ0n) is 4.57. The van der Waals surface area contributed by atoms with Crippen LogP contribution < -0.4 is 5.32 Å². The van der Waals surface area contributed by atoms with Gasteiger partial charge in [0.2, 0.25) is 0 Å². The lowest BCUT2D eigenvalue weighted by atomic mass is 10.5. The number of nitrogens with zero attached hydrogens (tertiary/aromatic N) is 1. The van der Waals surface area contributed by atoms with Crippen LogP contribution in [-0.4, -0.2) is 13.1 Å². The molecule has 0 aliphatic carbocycles. The van der Waals surface area contributed by atoms with E-state index < -0.39 is 0 Å². The lowest BCUT2D eigenvalue weighted by molar-refractivity contribution is 0.689. The second kappa shape index (κ2) is 4.96. The summed E-state index contributed by atoms with van der Waals surface area (Å²) in [6.07, 6.45) is 1.19. The molecule has 1 heteroatoms. The molecule has 0 saturated carbocycles. The lowest BCUT2D eigenvalue weighted by Crippen LogP contribution is -2.02.